The molecule has 10 aromatic carbocycles. The van der Waals surface area contributed by atoms with Crippen molar-refractivity contribution in [2.45, 2.75) is 44.4 Å². The topological polar surface area (TPSA) is 4.93 Å². The van der Waals surface area contributed by atoms with E-state index >= 15 is 0 Å². The van der Waals surface area contributed by atoms with Crippen LogP contribution in [0.3, 0.4) is 0 Å². The van der Waals surface area contributed by atoms with Gasteiger partial charge in [-0.1, -0.05) is 216 Å². The standard InChI is InChI=1S/C65H49N/c1-64(2)56-27-16-26-50(42-17-7-5-8-18-42)63(56)55-39-54-51-35-33-45(37-57(51)65(3,4)58(54)40-59(55)64)62(44-31-29-43(30-32-44)49-25-15-20-41-19-11-12-23-48(41)49)46-34-36-53-52-24-13-14-28-60(52)66(61(53)38-46)47-21-9-6-10-22-47/h5-40,62H,1-4H3. The van der Waals surface area contributed by atoms with Gasteiger partial charge in [-0.05, 0) is 125 Å². The van der Waals surface area contributed by atoms with Crippen molar-refractivity contribution in [2.75, 3.05) is 0 Å². The largest absolute Gasteiger partial charge is 0.309 e. The van der Waals surface area contributed by atoms with Crippen molar-refractivity contribution in [2.24, 2.45) is 0 Å². The molecule has 314 valence electrons. The van der Waals surface area contributed by atoms with Crippen LogP contribution in [0.2, 0.25) is 0 Å². The molecule has 0 saturated heterocycles. The lowest BCUT2D eigenvalue weighted by atomic mass is 9.76. The molecule has 2 aliphatic carbocycles. The van der Waals surface area contributed by atoms with Crippen LogP contribution < -0.4 is 0 Å². The van der Waals surface area contributed by atoms with E-state index in [1.807, 2.05) is 0 Å². The van der Waals surface area contributed by atoms with Gasteiger partial charge in [0.25, 0.3) is 0 Å². The van der Waals surface area contributed by atoms with Gasteiger partial charge < -0.3 is 4.57 Å². The third-order valence-corrected chi connectivity index (χ3v) is 15.3. The van der Waals surface area contributed by atoms with Gasteiger partial charge in [0.1, 0.15) is 0 Å². The van der Waals surface area contributed by atoms with Gasteiger partial charge in [-0.3, -0.25) is 0 Å². The smallest absolute Gasteiger partial charge is 0.0544 e. The lowest BCUT2D eigenvalue weighted by Gasteiger charge is -2.27. The molecular formula is C65H49N. The highest BCUT2D eigenvalue weighted by Gasteiger charge is 2.43. The Bertz CT molecular complexity index is 3730. The molecule has 1 aromatic heterocycles. The summed E-state index contributed by atoms with van der Waals surface area (Å²) in [6.45, 7) is 9.71. The number of hydrogen-bond acceptors (Lipinski definition) is 0. The van der Waals surface area contributed by atoms with Gasteiger partial charge in [-0.25, -0.2) is 0 Å². The Labute approximate surface area is 387 Å². The van der Waals surface area contributed by atoms with E-state index in [0.717, 1.165) is 0 Å². The van der Waals surface area contributed by atoms with Crippen molar-refractivity contribution < 1.29 is 0 Å². The molecule has 13 rings (SSSR count). The van der Waals surface area contributed by atoms with Gasteiger partial charge >= 0.3 is 0 Å². The average molecular weight is 844 g/mol. The van der Waals surface area contributed by atoms with Crippen LogP contribution in [-0.4, -0.2) is 4.57 Å². The molecular weight excluding hydrogens is 795 g/mol. The number of fused-ring (bicyclic) bond motifs is 10. The number of aromatic nitrogens is 1. The number of nitrogens with zero attached hydrogens (tertiary/aromatic N) is 1. The van der Waals surface area contributed by atoms with Gasteiger partial charge in [0.2, 0.25) is 0 Å². The van der Waals surface area contributed by atoms with Crippen LogP contribution in [-0.2, 0) is 10.8 Å². The molecule has 1 atom stereocenters. The van der Waals surface area contributed by atoms with Crippen molar-refractivity contribution in [1.82, 2.24) is 4.57 Å². The average Bonchev–Trinajstić information content (AvgIpc) is 3.90. The SMILES string of the molecule is CC1(C)c2cc(C(c3ccc(-c4cccc5ccccc45)cc3)c3ccc4c5ccccc5n(-c5ccccc5)c4c3)ccc2-c2cc3c(cc21)C(C)(C)c1cccc(-c2ccccc2)c1-3. The van der Waals surface area contributed by atoms with E-state index in [-0.39, 0.29) is 16.7 Å². The minimum atomic E-state index is -0.199. The van der Waals surface area contributed by atoms with Gasteiger partial charge in [-0.15, -0.1) is 0 Å². The van der Waals surface area contributed by atoms with Gasteiger partial charge in [0.15, 0.2) is 0 Å². The van der Waals surface area contributed by atoms with Crippen LogP contribution in [0.25, 0.3) is 82.8 Å². The van der Waals surface area contributed by atoms with Crippen LogP contribution >= 0.6 is 0 Å². The van der Waals surface area contributed by atoms with E-state index in [9.17, 15) is 0 Å². The minimum absolute atomic E-state index is 0.00716. The lowest BCUT2D eigenvalue weighted by Crippen LogP contribution is -2.19. The van der Waals surface area contributed by atoms with E-state index in [2.05, 4.69) is 251 Å². The monoisotopic (exact) mass is 843 g/mol. The quantitative estimate of drug-likeness (QED) is 0.147. The molecule has 0 aliphatic heterocycles. The maximum atomic E-state index is 2.57. The molecule has 1 nitrogen and oxygen atoms in total. The summed E-state index contributed by atoms with van der Waals surface area (Å²) < 4.78 is 2.44. The summed E-state index contributed by atoms with van der Waals surface area (Å²) in [5.41, 5.74) is 23.3. The maximum Gasteiger partial charge on any atom is 0.0544 e. The summed E-state index contributed by atoms with van der Waals surface area (Å²) in [6.07, 6.45) is 0. The molecule has 66 heavy (non-hydrogen) atoms. The molecule has 2 aliphatic rings. The second-order valence-electron chi connectivity index (χ2n) is 19.6. The molecule has 11 aromatic rings. The zero-order chi connectivity index (χ0) is 44.3. The fraction of sp³-hybridized carbons (Fsp3) is 0.108. The first-order valence-electron chi connectivity index (χ1n) is 23.5. The summed E-state index contributed by atoms with van der Waals surface area (Å²) in [4.78, 5) is 0. The Morgan fingerprint density at radius 2 is 0.909 bits per heavy atom. The van der Waals surface area contributed by atoms with Gasteiger partial charge in [-0.2, -0.15) is 0 Å². The highest BCUT2D eigenvalue weighted by Crippen LogP contribution is 2.58. The molecule has 0 spiro atoms. The molecule has 0 fully saturated rings. The zero-order valence-electron chi connectivity index (χ0n) is 37.8. The van der Waals surface area contributed by atoms with E-state index in [1.165, 1.54) is 122 Å². The van der Waals surface area contributed by atoms with Crippen molar-refractivity contribution >= 4 is 32.6 Å². The first-order chi connectivity index (χ1) is 32.3. The first kappa shape index (κ1) is 38.7. The van der Waals surface area contributed by atoms with Crippen molar-refractivity contribution in [3.8, 4) is 50.2 Å². The Kier molecular flexibility index (Phi) is 8.43. The summed E-state index contributed by atoms with van der Waals surface area (Å²) in [6, 6.07) is 82.0. The number of para-hydroxylation sites is 2. The number of hydrogen-bond donors (Lipinski definition) is 0. The molecule has 0 bridgehead atoms. The van der Waals surface area contributed by atoms with E-state index < -0.39 is 0 Å². The summed E-state index contributed by atoms with van der Waals surface area (Å²) in [7, 11) is 0. The fourth-order valence-electron chi connectivity index (χ4n) is 12.0. The third kappa shape index (κ3) is 5.66. The predicted molar refractivity (Wildman–Crippen MR) is 278 cm³/mol. The van der Waals surface area contributed by atoms with Crippen LogP contribution in [0.4, 0.5) is 0 Å². The molecule has 1 heterocycles. The Balaban J connectivity index is 0.994. The van der Waals surface area contributed by atoms with E-state index in [1.54, 1.807) is 0 Å². The van der Waals surface area contributed by atoms with Crippen LogP contribution in [0, 0.1) is 0 Å². The lowest BCUT2D eigenvalue weighted by molar-refractivity contribution is 0.638. The Morgan fingerprint density at radius 3 is 1.73 bits per heavy atom. The van der Waals surface area contributed by atoms with Crippen molar-refractivity contribution in [3.05, 3.63) is 257 Å². The summed E-state index contributed by atoms with van der Waals surface area (Å²) in [5, 5.41) is 5.07. The molecule has 0 N–H and O–H groups in total. The summed E-state index contributed by atoms with van der Waals surface area (Å²) >= 11 is 0. The predicted octanol–water partition coefficient (Wildman–Crippen LogP) is 17.1. The Morgan fingerprint density at radius 1 is 0.333 bits per heavy atom. The van der Waals surface area contributed by atoms with Gasteiger partial charge in [0, 0.05) is 33.2 Å². The minimum Gasteiger partial charge on any atom is -0.309 e. The van der Waals surface area contributed by atoms with E-state index in [0.29, 0.717) is 0 Å². The maximum absolute atomic E-state index is 2.57. The fourth-order valence-corrected chi connectivity index (χ4v) is 12.0. The van der Waals surface area contributed by atoms with Crippen molar-refractivity contribution in [3.63, 3.8) is 0 Å². The molecule has 0 amide bonds. The van der Waals surface area contributed by atoms with Gasteiger partial charge in [0.05, 0.1) is 11.0 Å². The molecule has 1 unspecified atom stereocenters. The second kappa shape index (κ2) is 14.4. The van der Waals surface area contributed by atoms with Crippen molar-refractivity contribution in [1.29, 1.82) is 0 Å². The Hall–Kier alpha value is -7.74. The molecule has 1 heteroatoms. The molecule has 0 radical (unpaired) electrons. The number of rotatable bonds is 6. The highest BCUT2D eigenvalue weighted by molar-refractivity contribution is 6.09. The number of benzene rings is 10. The van der Waals surface area contributed by atoms with E-state index in [4.69, 9.17) is 0 Å². The normalized spacial score (nSPS) is 14.5. The summed E-state index contributed by atoms with van der Waals surface area (Å²) in [5.74, 6) is -0.00716. The second-order valence-corrected chi connectivity index (χ2v) is 19.6. The van der Waals surface area contributed by atoms with Crippen LogP contribution in [0.15, 0.2) is 218 Å². The zero-order valence-corrected chi connectivity index (χ0v) is 37.8. The molecule has 0 saturated carbocycles. The first-order valence-corrected chi connectivity index (χ1v) is 23.5. The third-order valence-electron chi connectivity index (χ3n) is 15.3. The van der Waals surface area contributed by atoms with Crippen LogP contribution in [0.1, 0.15) is 72.6 Å². The highest BCUT2D eigenvalue weighted by atomic mass is 15.0. The van der Waals surface area contributed by atoms with Crippen LogP contribution in [0.5, 0.6) is 0 Å².